The second kappa shape index (κ2) is 4.06. The first kappa shape index (κ1) is 9.75. The van der Waals surface area contributed by atoms with Crippen LogP contribution in [0.1, 0.15) is 25.3 Å². The number of halogens is 1. The zero-order valence-corrected chi connectivity index (χ0v) is 9.01. The van der Waals surface area contributed by atoms with Gasteiger partial charge in [0.1, 0.15) is 0 Å². The Morgan fingerprint density at radius 1 is 1.17 bits per heavy atom. The Bertz CT molecular complexity index is 241. The molecular formula is C10H14BrN. The van der Waals surface area contributed by atoms with Gasteiger partial charge in [0.25, 0.3) is 0 Å². The van der Waals surface area contributed by atoms with E-state index in [0.717, 1.165) is 4.47 Å². The van der Waals surface area contributed by atoms with E-state index < -0.39 is 0 Å². The molecule has 1 rings (SSSR count). The quantitative estimate of drug-likeness (QED) is 0.827. The summed E-state index contributed by atoms with van der Waals surface area (Å²) in [5.41, 5.74) is 7.09. The van der Waals surface area contributed by atoms with Crippen molar-refractivity contribution >= 4 is 15.9 Å². The average Bonchev–Trinajstić information content (AvgIpc) is 2.04. The van der Waals surface area contributed by atoms with Crippen LogP contribution in [0.4, 0.5) is 0 Å². The summed E-state index contributed by atoms with van der Waals surface area (Å²) in [6.45, 7) is 4.18. The summed E-state index contributed by atoms with van der Waals surface area (Å²) in [5.74, 6) is 0.429. The van der Waals surface area contributed by atoms with Gasteiger partial charge in [-0.1, -0.05) is 35.0 Å². The Hall–Kier alpha value is -0.340. The Morgan fingerprint density at radius 2 is 1.67 bits per heavy atom. The molecule has 0 aliphatic rings. The Kier molecular flexibility index (Phi) is 3.29. The van der Waals surface area contributed by atoms with Crippen LogP contribution < -0.4 is 5.73 Å². The zero-order valence-electron chi connectivity index (χ0n) is 7.42. The SMILES string of the molecule is CC(N)C(C)c1ccc(Br)cc1. The molecular weight excluding hydrogens is 214 g/mol. The van der Waals surface area contributed by atoms with Crippen molar-refractivity contribution in [1.29, 1.82) is 0 Å². The van der Waals surface area contributed by atoms with Gasteiger partial charge in [-0.05, 0) is 30.5 Å². The van der Waals surface area contributed by atoms with E-state index in [1.807, 2.05) is 19.1 Å². The monoisotopic (exact) mass is 227 g/mol. The van der Waals surface area contributed by atoms with Crippen LogP contribution in [0, 0.1) is 0 Å². The van der Waals surface area contributed by atoms with E-state index in [2.05, 4.69) is 35.0 Å². The van der Waals surface area contributed by atoms with Crippen LogP contribution in [0.25, 0.3) is 0 Å². The second-order valence-corrected chi connectivity index (χ2v) is 4.12. The Balaban J connectivity index is 2.82. The predicted octanol–water partition coefficient (Wildman–Crippen LogP) is 2.90. The van der Waals surface area contributed by atoms with Crippen LogP contribution in [0.15, 0.2) is 28.7 Å². The fourth-order valence-electron chi connectivity index (χ4n) is 1.07. The van der Waals surface area contributed by atoms with Crippen molar-refractivity contribution in [3.63, 3.8) is 0 Å². The molecule has 0 heterocycles. The van der Waals surface area contributed by atoms with Crippen molar-refractivity contribution in [2.75, 3.05) is 0 Å². The molecule has 0 aliphatic heterocycles. The van der Waals surface area contributed by atoms with Crippen molar-refractivity contribution in [3.05, 3.63) is 34.3 Å². The second-order valence-electron chi connectivity index (χ2n) is 3.20. The van der Waals surface area contributed by atoms with Gasteiger partial charge in [0.2, 0.25) is 0 Å². The first-order valence-corrected chi connectivity index (χ1v) is 4.91. The standard InChI is InChI=1S/C10H14BrN/c1-7(8(2)12)9-3-5-10(11)6-4-9/h3-8H,12H2,1-2H3. The predicted molar refractivity (Wildman–Crippen MR) is 56.2 cm³/mol. The normalized spacial score (nSPS) is 15.7. The highest BCUT2D eigenvalue weighted by Crippen LogP contribution is 2.19. The lowest BCUT2D eigenvalue weighted by Gasteiger charge is -2.15. The maximum absolute atomic E-state index is 5.79. The molecule has 0 saturated heterocycles. The van der Waals surface area contributed by atoms with Gasteiger partial charge in [0.15, 0.2) is 0 Å². The van der Waals surface area contributed by atoms with E-state index >= 15 is 0 Å². The molecule has 2 N–H and O–H groups in total. The lowest BCUT2D eigenvalue weighted by molar-refractivity contribution is 0.613. The third-order valence-corrected chi connectivity index (χ3v) is 2.71. The molecule has 1 nitrogen and oxygen atoms in total. The largest absolute Gasteiger partial charge is 0.327 e. The summed E-state index contributed by atoms with van der Waals surface area (Å²) < 4.78 is 1.11. The number of rotatable bonds is 2. The highest BCUT2D eigenvalue weighted by atomic mass is 79.9. The van der Waals surface area contributed by atoms with Gasteiger partial charge in [0, 0.05) is 10.5 Å². The first-order chi connectivity index (χ1) is 5.61. The molecule has 2 heteroatoms. The van der Waals surface area contributed by atoms with Gasteiger partial charge in [-0.15, -0.1) is 0 Å². The molecule has 12 heavy (non-hydrogen) atoms. The van der Waals surface area contributed by atoms with E-state index in [-0.39, 0.29) is 6.04 Å². The van der Waals surface area contributed by atoms with Gasteiger partial charge < -0.3 is 5.73 Å². The molecule has 0 spiro atoms. The summed E-state index contributed by atoms with van der Waals surface area (Å²) in [4.78, 5) is 0. The topological polar surface area (TPSA) is 26.0 Å². The molecule has 0 bridgehead atoms. The fraction of sp³-hybridized carbons (Fsp3) is 0.400. The molecule has 0 radical (unpaired) electrons. The summed E-state index contributed by atoms with van der Waals surface area (Å²) in [6.07, 6.45) is 0. The molecule has 0 amide bonds. The lowest BCUT2D eigenvalue weighted by atomic mass is 9.95. The van der Waals surface area contributed by atoms with Crippen molar-refractivity contribution in [3.8, 4) is 0 Å². The minimum Gasteiger partial charge on any atom is -0.327 e. The van der Waals surface area contributed by atoms with Crippen LogP contribution in [-0.2, 0) is 0 Å². The zero-order chi connectivity index (χ0) is 9.14. The third-order valence-electron chi connectivity index (χ3n) is 2.18. The van der Waals surface area contributed by atoms with Gasteiger partial charge in [-0.2, -0.15) is 0 Å². The summed E-state index contributed by atoms with van der Waals surface area (Å²) >= 11 is 3.40. The minimum atomic E-state index is 0.214. The molecule has 1 aromatic carbocycles. The fourth-order valence-corrected chi connectivity index (χ4v) is 1.33. The average molecular weight is 228 g/mol. The summed E-state index contributed by atoms with van der Waals surface area (Å²) in [5, 5.41) is 0. The Morgan fingerprint density at radius 3 is 2.08 bits per heavy atom. The van der Waals surface area contributed by atoms with Crippen LogP contribution in [0.5, 0.6) is 0 Å². The summed E-state index contributed by atoms with van der Waals surface area (Å²) in [6, 6.07) is 8.53. The van der Waals surface area contributed by atoms with E-state index in [1.54, 1.807) is 0 Å². The highest BCUT2D eigenvalue weighted by molar-refractivity contribution is 9.10. The van der Waals surface area contributed by atoms with E-state index in [4.69, 9.17) is 5.73 Å². The van der Waals surface area contributed by atoms with Crippen molar-refractivity contribution < 1.29 is 0 Å². The minimum absolute atomic E-state index is 0.214. The molecule has 0 saturated carbocycles. The van der Waals surface area contributed by atoms with Crippen LogP contribution in [-0.4, -0.2) is 6.04 Å². The number of hydrogen-bond acceptors (Lipinski definition) is 1. The Labute approximate surface area is 82.1 Å². The van der Waals surface area contributed by atoms with Crippen LogP contribution in [0.3, 0.4) is 0 Å². The molecule has 1 aromatic rings. The van der Waals surface area contributed by atoms with E-state index in [1.165, 1.54) is 5.56 Å². The third kappa shape index (κ3) is 2.32. The van der Waals surface area contributed by atoms with Gasteiger partial charge in [-0.3, -0.25) is 0 Å². The number of hydrogen-bond donors (Lipinski definition) is 1. The molecule has 0 aliphatic carbocycles. The highest BCUT2D eigenvalue weighted by Gasteiger charge is 2.08. The van der Waals surface area contributed by atoms with E-state index in [9.17, 15) is 0 Å². The smallest absolute Gasteiger partial charge is 0.0175 e. The summed E-state index contributed by atoms with van der Waals surface area (Å²) in [7, 11) is 0. The first-order valence-electron chi connectivity index (χ1n) is 4.12. The molecule has 0 fully saturated rings. The maximum Gasteiger partial charge on any atom is 0.0175 e. The molecule has 2 unspecified atom stereocenters. The van der Waals surface area contributed by atoms with Crippen LogP contribution in [0.2, 0.25) is 0 Å². The van der Waals surface area contributed by atoms with E-state index in [0.29, 0.717) is 5.92 Å². The lowest BCUT2D eigenvalue weighted by Crippen LogP contribution is -2.22. The van der Waals surface area contributed by atoms with Crippen molar-refractivity contribution in [2.24, 2.45) is 5.73 Å². The van der Waals surface area contributed by atoms with Gasteiger partial charge in [-0.25, -0.2) is 0 Å². The van der Waals surface area contributed by atoms with Crippen molar-refractivity contribution in [1.82, 2.24) is 0 Å². The molecule has 0 aromatic heterocycles. The van der Waals surface area contributed by atoms with Crippen LogP contribution >= 0.6 is 15.9 Å². The van der Waals surface area contributed by atoms with Gasteiger partial charge in [0.05, 0.1) is 0 Å². The maximum atomic E-state index is 5.79. The molecule has 66 valence electrons. The molecule has 2 atom stereocenters. The van der Waals surface area contributed by atoms with Crippen molar-refractivity contribution in [2.45, 2.75) is 25.8 Å². The number of nitrogens with two attached hydrogens (primary N) is 1. The van der Waals surface area contributed by atoms with Gasteiger partial charge >= 0.3 is 0 Å². The number of benzene rings is 1.